The molecule has 1 fully saturated rings. The Morgan fingerprint density at radius 3 is 2.45 bits per heavy atom. The summed E-state index contributed by atoms with van der Waals surface area (Å²) < 4.78 is 28.0. The molecule has 0 spiro atoms. The van der Waals surface area contributed by atoms with Crippen molar-refractivity contribution in [2.75, 3.05) is 0 Å². The molecule has 3 N–H and O–H groups in total. The summed E-state index contributed by atoms with van der Waals surface area (Å²) in [5.41, 5.74) is 5.81. The Bertz CT molecular complexity index is 561. The molecule has 114 valence electrons. The van der Waals surface area contributed by atoms with Crippen LogP contribution in [0.2, 0.25) is 5.02 Å². The monoisotopic (exact) mass is 402 g/mol. The molecule has 20 heavy (non-hydrogen) atoms. The van der Waals surface area contributed by atoms with Crippen LogP contribution >= 0.6 is 39.9 Å². The summed E-state index contributed by atoms with van der Waals surface area (Å²) in [7, 11) is -3.58. The summed E-state index contributed by atoms with van der Waals surface area (Å²) >= 11 is 9.22. The Labute approximate surface area is 139 Å². The fourth-order valence-corrected chi connectivity index (χ4v) is 4.55. The van der Waals surface area contributed by atoms with Crippen molar-refractivity contribution in [1.82, 2.24) is 4.72 Å². The molecule has 0 radical (unpaired) electrons. The largest absolute Gasteiger partial charge is 0.328 e. The number of sulfonamides is 1. The molecule has 8 heteroatoms. The number of nitrogens with two attached hydrogens (primary N) is 1. The highest BCUT2D eigenvalue weighted by atomic mass is 79.9. The first-order valence-corrected chi connectivity index (χ1v) is 8.77. The van der Waals surface area contributed by atoms with E-state index in [1.807, 2.05) is 0 Å². The Hall–Kier alpha value is 0.150. The van der Waals surface area contributed by atoms with Crippen LogP contribution in [0.25, 0.3) is 0 Å². The van der Waals surface area contributed by atoms with Gasteiger partial charge in [0.15, 0.2) is 0 Å². The Morgan fingerprint density at radius 2 is 1.85 bits per heavy atom. The number of hydrogen-bond donors (Lipinski definition) is 2. The predicted octanol–water partition coefficient (Wildman–Crippen LogP) is 3.07. The summed E-state index contributed by atoms with van der Waals surface area (Å²) in [6.07, 6.45) is 3.23. The maximum Gasteiger partial charge on any atom is 0.242 e. The van der Waals surface area contributed by atoms with Gasteiger partial charge in [0.1, 0.15) is 4.90 Å². The fourth-order valence-electron chi connectivity index (χ4n) is 2.20. The maximum atomic E-state index is 12.3. The first-order valence-electron chi connectivity index (χ1n) is 6.11. The number of nitrogens with one attached hydrogen (secondary N) is 1. The van der Waals surface area contributed by atoms with Gasteiger partial charge in [0.2, 0.25) is 10.0 Å². The van der Waals surface area contributed by atoms with Crippen molar-refractivity contribution in [3.63, 3.8) is 0 Å². The summed E-state index contributed by atoms with van der Waals surface area (Å²) in [6.45, 7) is 0. The highest BCUT2D eigenvalue weighted by molar-refractivity contribution is 9.10. The van der Waals surface area contributed by atoms with Crippen LogP contribution in [0.5, 0.6) is 0 Å². The second-order valence-electron chi connectivity index (χ2n) is 4.81. The predicted molar refractivity (Wildman–Crippen MR) is 87.0 cm³/mol. The van der Waals surface area contributed by atoms with Crippen LogP contribution in [0.15, 0.2) is 27.6 Å². The van der Waals surface area contributed by atoms with Crippen molar-refractivity contribution < 1.29 is 8.42 Å². The topological polar surface area (TPSA) is 72.2 Å². The lowest BCUT2D eigenvalue weighted by atomic mass is 9.93. The van der Waals surface area contributed by atoms with E-state index in [2.05, 4.69) is 20.7 Å². The number of hydrogen-bond acceptors (Lipinski definition) is 3. The van der Waals surface area contributed by atoms with Gasteiger partial charge in [0, 0.05) is 16.6 Å². The Kier molecular flexibility index (Phi) is 6.76. The van der Waals surface area contributed by atoms with Gasteiger partial charge >= 0.3 is 0 Å². The van der Waals surface area contributed by atoms with Crippen LogP contribution in [-0.2, 0) is 10.0 Å². The van der Waals surface area contributed by atoms with E-state index in [0.717, 1.165) is 25.7 Å². The lowest BCUT2D eigenvalue weighted by molar-refractivity contribution is 0.373. The highest BCUT2D eigenvalue weighted by Gasteiger charge is 2.25. The molecule has 0 aliphatic heterocycles. The van der Waals surface area contributed by atoms with Gasteiger partial charge < -0.3 is 5.73 Å². The first-order chi connectivity index (χ1) is 8.88. The molecular formula is C12H17BrCl2N2O2S. The van der Waals surface area contributed by atoms with E-state index in [1.54, 1.807) is 12.1 Å². The molecule has 0 amide bonds. The molecule has 1 saturated carbocycles. The van der Waals surface area contributed by atoms with Crippen LogP contribution in [0.1, 0.15) is 25.7 Å². The van der Waals surface area contributed by atoms with Crippen LogP contribution < -0.4 is 10.5 Å². The SMILES string of the molecule is Cl.NC1CCC(NS(=O)(=O)c2cc(Br)ccc2Cl)CC1. The van der Waals surface area contributed by atoms with Crippen molar-refractivity contribution in [2.45, 2.75) is 42.7 Å². The highest BCUT2D eigenvalue weighted by Crippen LogP contribution is 2.26. The molecule has 0 heterocycles. The van der Waals surface area contributed by atoms with Crippen LogP contribution in [0.3, 0.4) is 0 Å². The molecule has 2 rings (SSSR count). The smallest absolute Gasteiger partial charge is 0.242 e. The molecule has 1 aromatic carbocycles. The van der Waals surface area contributed by atoms with E-state index in [0.29, 0.717) is 4.47 Å². The van der Waals surface area contributed by atoms with E-state index in [4.69, 9.17) is 17.3 Å². The fraction of sp³-hybridized carbons (Fsp3) is 0.500. The number of benzene rings is 1. The third kappa shape index (κ3) is 4.58. The molecule has 1 aromatic rings. The zero-order valence-electron chi connectivity index (χ0n) is 10.7. The third-order valence-electron chi connectivity index (χ3n) is 3.28. The van der Waals surface area contributed by atoms with Crippen LogP contribution in [0.4, 0.5) is 0 Å². The van der Waals surface area contributed by atoms with Crippen molar-refractivity contribution in [2.24, 2.45) is 5.73 Å². The van der Waals surface area contributed by atoms with Crippen LogP contribution in [0, 0.1) is 0 Å². The normalized spacial score (nSPS) is 23.1. The molecule has 0 saturated heterocycles. The van der Waals surface area contributed by atoms with Gasteiger partial charge in [-0.25, -0.2) is 13.1 Å². The standard InChI is InChI=1S/C12H16BrClN2O2S.ClH/c13-8-1-6-11(14)12(7-8)19(17,18)16-10-4-2-9(15)3-5-10;/h1,6-7,9-10,16H,2-5,15H2;1H. The summed E-state index contributed by atoms with van der Waals surface area (Å²) in [5.74, 6) is 0. The maximum absolute atomic E-state index is 12.3. The van der Waals surface area contributed by atoms with Gasteiger partial charge in [0.25, 0.3) is 0 Å². The van der Waals surface area contributed by atoms with Crippen molar-refractivity contribution in [1.29, 1.82) is 0 Å². The minimum Gasteiger partial charge on any atom is -0.328 e. The van der Waals surface area contributed by atoms with E-state index < -0.39 is 10.0 Å². The quantitative estimate of drug-likeness (QED) is 0.814. The van der Waals surface area contributed by atoms with Gasteiger partial charge in [0.05, 0.1) is 5.02 Å². The molecule has 1 aliphatic rings. The second-order valence-corrected chi connectivity index (χ2v) is 7.81. The first kappa shape index (κ1) is 18.2. The van der Waals surface area contributed by atoms with Gasteiger partial charge in [-0.2, -0.15) is 0 Å². The Morgan fingerprint density at radius 1 is 1.25 bits per heavy atom. The third-order valence-corrected chi connectivity index (χ3v) is 5.77. The minimum absolute atomic E-state index is 0. The molecule has 0 atom stereocenters. The zero-order chi connectivity index (χ0) is 14.0. The molecule has 0 unspecified atom stereocenters. The van der Waals surface area contributed by atoms with Crippen molar-refractivity contribution in [3.8, 4) is 0 Å². The zero-order valence-corrected chi connectivity index (χ0v) is 14.7. The van der Waals surface area contributed by atoms with E-state index in [1.165, 1.54) is 6.07 Å². The summed E-state index contributed by atoms with van der Waals surface area (Å²) in [6, 6.07) is 4.92. The van der Waals surface area contributed by atoms with Gasteiger partial charge in [-0.15, -0.1) is 12.4 Å². The average molecular weight is 404 g/mol. The molecule has 4 nitrogen and oxygen atoms in total. The Balaban J connectivity index is 0.00000200. The summed E-state index contributed by atoms with van der Waals surface area (Å²) in [4.78, 5) is 0.110. The van der Waals surface area contributed by atoms with Gasteiger partial charge in [-0.05, 0) is 43.9 Å². The number of rotatable bonds is 3. The molecule has 0 aromatic heterocycles. The molecular weight excluding hydrogens is 387 g/mol. The van der Waals surface area contributed by atoms with Crippen LogP contribution in [-0.4, -0.2) is 20.5 Å². The number of halogens is 3. The van der Waals surface area contributed by atoms with E-state index >= 15 is 0 Å². The lowest BCUT2D eigenvalue weighted by Gasteiger charge is -2.26. The van der Waals surface area contributed by atoms with E-state index in [-0.39, 0.29) is 34.4 Å². The molecule has 1 aliphatic carbocycles. The van der Waals surface area contributed by atoms with Gasteiger partial charge in [-0.1, -0.05) is 27.5 Å². The van der Waals surface area contributed by atoms with Gasteiger partial charge in [-0.3, -0.25) is 0 Å². The second kappa shape index (κ2) is 7.42. The van der Waals surface area contributed by atoms with E-state index in [9.17, 15) is 8.42 Å². The van der Waals surface area contributed by atoms with Crippen molar-refractivity contribution >= 4 is 50.0 Å². The lowest BCUT2D eigenvalue weighted by Crippen LogP contribution is -2.40. The molecule has 0 bridgehead atoms. The summed E-state index contributed by atoms with van der Waals surface area (Å²) in [5, 5.41) is 0.225. The minimum atomic E-state index is -3.58. The van der Waals surface area contributed by atoms with Crippen molar-refractivity contribution in [3.05, 3.63) is 27.7 Å². The average Bonchev–Trinajstić information content (AvgIpc) is 2.35.